The molecule has 0 aromatic rings. The van der Waals surface area contributed by atoms with Crippen LogP contribution in [0.4, 0.5) is 0 Å². The number of nitrogens with zero attached hydrogens (tertiary/aromatic N) is 1. The second-order valence-electron chi connectivity index (χ2n) is 4.31. The van der Waals surface area contributed by atoms with Gasteiger partial charge in [-0.25, -0.2) is 0 Å². The van der Waals surface area contributed by atoms with Crippen molar-refractivity contribution in [1.29, 1.82) is 0 Å². The molecule has 0 aromatic carbocycles. The summed E-state index contributed by atoms with van der Waals surface area (Å²) in [5, 5.41) is 0. The molecule has 0 amide bonds. The van der Waals surface area contributed by atoms with Gasteiger partial charge in [-0.1, -0.05) is 12.2 Å². The molecule has 76 valence electrons. The number of rotatable bonds is 3. The van der Waals surface area contributed by atoms with Crippen LogP contribution in [0.15, 0.2) is 11.8 Å². The van der Waals surface area contributed by atoms with Crippen molar-refractivity contribution in [2.24, 2.45) is 0 Å². The van der Waals surface area contributed by atoms with Crippen LogP contribution in [0.25, 0.3) is 0 Å². The third-order valence-electron chi connectivity index (χ3n) is 1.96. The summed E-state index contributed by atoms with van der Waals surface area (Å²) in [7, 11) is 1.19. The number of hydrogen-bond acceptors (Lipinski definition) is 2. The van der Waals surface area contributed by atoms with Crippen molar-refractivity contribution in [2.75, 3.05) is 6.17 Å². The maximum absolute atomic E-state index is 5.07. The summed E-state index contributed by atoms with van der Waals surface area (Å²) < 4.78 is 0. The van der Waals surface area contributed by atoms with Crippen molar-refractivity contribution in [2.45, 2.75) is 40.2 Å². The molecule has 1 nitrogen and oxygen atoms in total. The van der Waals surface area contributed by atoms with Crippen molar-refractivity contribution in [3.63, 3.8) is 0 Å². The van der Waals surface area contributed by atoms with Gasteiger partial charge in [-0.15, -0.1) is 0 Å². The molecule has 0 aliphatic rings. The molecule has 0 unspecified atom stereocenters. The monoisotopic (exact) mass is 215 g/mol. The first-order valence-electron chi connectivity index (χ1n) is 4.75. The van der Waals surface area contributed by atoms with Crippen LogP contribution in [0.3, 0.4) is 0 Å². The van der Waals surface area contributed by atoms with E-state index >= 15 is 0 Å². The maximum Gasteiger partial charge on any atom is 0.0310 e. The first-order valence-corrected chi connectivity index (χ1v) is 6.57. The van der Waals surface area contributed by atoms with Crippen LogP contribution >= 0.6 is 12.2 Å². The Morgan fingerprint density at radius 2 is 1.85 bits per heavy atom. The highest BCUT2D eigenvalue weighted by Crippen LogP contribution is 2.17. The predicted octanol–water partition coefficient (Wildman–Crippen LogP) is 1.70. The molecule has 13 heavy (non-hydrogen) atoms. The van der Waals surface area contributed by atoms with E-state index in [9.17, 15) is 0 Å². The van der Waals surface area contributed by atoms with E-state index in [0.29, 0.717) is 0 Å². The third-order valence-corrected chi connectivity index (χ3v) is 2.71. The van der Waals surface area contributed by atoms with Crippen molar-refractivity contribution >= 4 is 27.3 Å². The first-order chi connectivity index (χ1) is 5.79. The van der Waals surface area contributed by atoms with Gasteiger partial charge >= 0.3 is 0 Å². The molecule has 0 aliphatic heterocycles. The van der Waals surface area contributed by atoms with E-state index in [-0.39, 0.29) is 5.54 Å². The Morgan fingerprint density at radius 1 is 1.38 bits per heavy atom. The molecular formula is C10H21NSSi. The second-order valence-corrected chi connectivity index (χ2v) is 5.59. The van der Waals surface area contributed by atoms with Crippen LogP contribution in [-0.4, -0.2) is 31.7 Å². The van der Waals surface area contributed by atoms with Crippen molar-refractivity contribution < 1.29 is 0 Å². The van der Waals surface area contributed by atoms with Crippen LogP contribution in [0.1, 0.15) is 34.6 Å². The lowest BCUT2D eigenvalue weighted by Gasteiger charge is -2.37. The van der Waals surface area contributed by atoms with E-state index in [4.69, 9.17) is 12.2 Å². The van der Waals surface area contributed by atoms with Gasteiger partial charge in [0.1, 0.15) is 0 Å². The minimum absolute atomic E-state index is 0.215. The molecule has 0 radical (unpaired) electrons. The zero-order valence-electron chi connectivity index (χ0n) is 9.64. The summed E-state index contributed by atoms with van der Waals surface area (Å²) in [5.74, 6) is 0. The minimum atomic E-state index is 0.215. The average molecular weight is 215 g/mol. The third kappa shape index (κ3) is 4.57. The van der Waals surface area contributed by atoms with Crippen molar-refractivity contribution in [3.05, 3.63) is 11.8 Å². The normalized spacial score (nSPS) is 13.2. The van der Waals surface area contributed by atoms with Crippen molar-refractivity contribution in [1.82, 2.24) is 4.90 Å². The van der Waals surface area contributed by atoms with Gasteiger partial charge in [0.2, 0.25) is 0 Å². The Hall–Kier alpha value is -0.153. The molecule has 0 spiro atoms. The summed E-state index contributed by atoms with van der Waals surface area (Å²) in [6, 6.07) is 0. The molecule has 0 saturated carbocycles. The fourth-order valence-electron chi connectivity index (χ4n) is 1.62. The fraction of sp³-hybridized carbons (Fsp3) is 0.700. The molecule has 3 heteroatoms. The zero-order valence-corrected chi connectivity index (χ0v) is 12.5. The number of hydrogen-bond donors (Lipinski definition) is 0. The summed E-state index contributed by atoms with van der Waals surface area (Å²) in [6.07, 6.45) is 3.24. The predicted molar refractivity (Wildman–Crippen MR) is 68.4 cm³/mol. The molecule has 0 heterocycles. The van der Waals surface area contributed by atoms with E-state index < -0.39 is 0 Å². The van der Waals surface area contributed by atoms with E-state index in [1.807, 2.05) is 6.92 Å². The summed E-state index contributed by atoms with van der Waals surface area (Å²) >= 11 is 5.07. The Bertz CT molecular complexity index is 215. The molecule has 0 aliphatic carbocycles. The Kier molecular flexibility index (Phi) is 4.85. The van der Waals surface area contributed by atoms with Crippen LogP contribution in [0.2, 0.25) is 0 Å². The lowest BCUT2D eigenvalue weighted by Crippen LogP contribution is -2.40. The highest BCUT2D eigenvalue weighted by Gasteiger charge is 2.19. The topological polar surface area (TPSA) is 3.24 Å². The molecule has 0 atom stereocenters. The second kappa shape index (κ2) is 4.91. The van der Waals surface area contributed by atoms with Crippen LogP contribution in [-0.2, 0) is 0 Å². The Morgan fingerprint density at radius 3 is 2.08 bits per heavy atom. The highest BCUT2D eigenvalue weighted by atomic mass is 32.1. The van der Waals surface area contributed by atoms with E-state index in [0.717, 1.165) is 11.0 Å². The van der Waals surface area contributed by atoms with Gasteiger partial charge in [0, 0.05) is 32.5 Å². The lowest BCUT2D eigenvalue weighted by molar-refractivity contribution is 0.216. The van der Waals surface area contributed by atoms with Gasteiger partial charge in [-0.05, 0) is 40.7 Å². The van der Waals surface area contributed by atoms with Gasteiger partial charge < -0.3 is 4.90 Å². The van der Waals surface area contributed by atoms with Crippen LogP contribution in [0.5, 0.6) is 0 Å². The quantitative estimate of drug-likeness (QED) is 0.400. The minimum Gasteiger partial charge on any atom is -0.374 e. The molecule has 0 bridgehead atoms. The van der Waals surface area contributed by atoms with Crippen LogP contribution < -0.4 is 0 Å². The maximum atomic E-state index is 5.07. The molecule has 0 fully saturated rings. The summed E-state index contributed by atoms with van der Waals surface area (Å²) in [5.41, 5.74) is 1.50. The van der Waals surface area contributed by atoms with E-state index in [2.05, 4.69) is 38.7 Å². The lowest BCUT2D eigenvalue weighted by atomic mass is 10.1. The van der Waals surface area contributed by atoms with Gasteiger partial charge in [0.15, 0.2) is 0 Å². The van der Waals surface area contributed by atoms with Crippen LogP contribution in [0, 0.1) is 0 Å². The summed E-state index contributed by atoms with van der Waals surface area (Å²) in [4.78, 5) is 3.37. The molecule has 0 saturated heterocycles. The highest BCUT2D eigenvalue weighted by molar-refractivity contribution is 7.80. The first kappa shape index (κ1) is 12.8. The molecule has 0 rings (SSSR count). The van der Waals surface area contributed by atoms with Gasteiger partial charge in [0.25, 0.3) is 0 Å². The van der Waals surface area contributed by atoms with E-state index in [1.54, 1.807) is 0 Å². The summed E-state index contributed by atoms with van der Waals surface area (Å²) in [6.45, 7) is 10.8. The average Bonchev–Trinajstić information content (AvgIpc) is 1.82. The van der Waals surface area contributed by atoms with Gasteiger partial charge in [0.05, 0.1) is 0 Å². The van der Waals surface area contributed by atoms with Crippen molar-refractivity contribution in [3.8, 4) is 0 Å². The smallest absolute Gasteiger partial charge is 0.0310 e. The Balaban J connectivity index is 4.69. The number of thiocarbonyl (C=S) groups is 1. The fourth-order valence-corrected chi connectivity index (χ4v) is 3.24. The number of allylic oxidation sites excluding steroid dienone is 2. The molecular weight excluding hydrogens is 194 g/mol. The van der Waals surface area contributed by atoms with Gasteiger partial charge in [-0.3, -0.25) is 0 Å². The standard InChI is InChI=1S/C10H21NSSi/c1-8(6-9(2)12)11(7-13)10(3,4)5/h6H,7H2,1-5,13H3/b8-6-. The SMILES string of the molecule is CC(=S)/C=C(/C)N(C[SiH3])C(C)(C)C. The molecule has 0 aromatic heterocycles. The zero-order chi connectivity index (χ0) is 10.6. The molecule has 0 N–H and O–H groups in total. The Labute approximate surface area is 90.6 Å². The largest absolute Gasteiger partial charge is 0.374 e. The van der Waals surface area contributed by atoms with E-state index in [1.165, 1.54) is 15.9 Å². The van der Waals surface area contributed by atoms with Gasteiger partial charge in [-0.2, -0.15) is 0 Å².